The Hall–Kier alpha value is -2.91. The summed E-state index contributed by atoms with van der Waals surface area (Å²) in [5, 5.41) is 0. The predicted octanol–water partition coefficient (Wildman–Crippen LogP) is 9.57. The number of aliphatic imine (C=N–C) groups is 1. The van der Waals surface area contributed by atoms with Gasteiger partial charge in [0.2, 0.25) is 11.9 Å². The quantitative estimate of drug-likeness (QED) is 0.137. The van der Waals surface area contributed by atoms with Crippen molar-refractivity contribution in [3.8, 4) is 11.5 Å². The van der Waals surface area contributed by atoms with Crippen LogP contribution in [-0.4, -0.2) is 41.9 Å². The summed E-state index contributed by atoms with van der Waals surface area (Å²) in [7, 11) is 0. The SMILES string of the molecule is CCC1CCC(C2CCC(C(=O)Oc3ccc(OC4(C=O)CCC(C5CCC(CC)CC5)CC4)cc3C3=NC(C(F)(F)F)C(=O)O3)CC2)CC1. The molecule has 4 aliphatic carbocycles. The highest BCUT2D eigenvalue weighted by atomic mass is 19.4. The van der Waals surface area contributed by atoms with Crippen molar-refractivity contribution in [1.82, 2.24) is 0 Å². The van der Waals surface area contributed by atoms with Gasteiger partial charge in [0.15, 0.2) is 11.9 Å². The third-order valence-electron chi connectivity index (χ3n) is 13.2. The highest BCUT2D eigenvalue weighted by Gasteiger charge is 2.51. The van der Waals surface area contributed by atoms with Crippen LogP contribution in [0.25, 0.3) is 0 Å². The number of ether oxygens (including phenoxy) is 3. The lowest BCUT2D eigenvalue weighted by Gasteiger charge is -2.41. The number of benzene rings is 1. The number of halogens is 3. The Morgan fingerprint density at radius 1 is 0.840 bits per heavy atom. The number of carbonyl (C=O) groups excluding carboxylic acids is 3. The Morgan fingerprint density at radius 3 is 1.84 bits per heavy atom. The largest absolute Gasteiger partial charge is 0.480 e. The van der Waals surface area contributed by atoms with Gasteiger partial charge in [-0.05, 0) is 131 Å². The van der Waals surface area contributed by atoms with Gasteiger partial charge in [-0.3, -0.25) is 9.59 Å². The normalized spacial score (nSPS) is 35.1. The van der Waals surface area contributed by atoms with Crippen LogP contribution in [0.1, 0.15) is 135 Å². The first kappa shape index (κ1) is 36.9. The molecular formula is C40H54F3NO6. The molecule has 0 aromatic heterocycles. The number of esters is 2. The van der Waals surface area contributed by atoms with E-state index in [1.54, 1.807) is 6.07 Å². The highest BCUT2D eigenvalue weighted by Crippen LogP contribution is 2.45. The van der Waals surface area contributed by atoms with Gasteiger partial charge in [0, 0.05) is 0 Å². The zero-order valence-corrected chi connectivity index (χ0v) is 29.7. The average Bonchev–Trinajstić information content (AvgIpc) is 3.55. The fourth-order valence-electron chi connectivity index (χ4n) is 9.74. The Labute approximate surface area is 294 Å². The number of carbonyl (C=O) groups is 3. The summed E-state index contributed by atoms with van der Waals surface area (Å²) in [5.41, 5.74) is -1.16. The molecule has 4 fully saturated rings. The number of cyclic esters (lactones) is 1. The molecule has 1 aromatic rings. The van der Waals surface area contributed by atoms with Crippen molar-refractivity contribution in [2.75, 3.05) is 0 Å². The van der Waals surface area contributed by atoms with E-state index in [-0.39, 0.29) is 23.0 Å². The van der Waals surface area contributed by atoms with Crippen molar-refractivity contribution in [3.63, 3.8) is 0 Å². The van der Waals surface area contributed by atoms with Crippen molar-refractivity contribution in [1.29, 1.82) is 0 Å². The third kappa shape index (κ3) is 8.41. The van der Waals surface area contributed by atoms with Gasteiger partial charge in [0.05, 0.1) is 11.5 Å². The fraction of sp³-hybridized carbons (Fsp3) is 0.750. The molecule has 6 rings (SSSR count). The minimum absolute atomic E-state index is 0.0525. The molecular weight excluding hydrogens is 647 g/mol. The highest BCUT2D eigenvalue weighted by molar-refractivity contribution is 6.08. The van der Waals surface area contributed by atoms with E-state index in [9.17, 15) is 27.6 Å². The van der Waals surface area contributed by atoms with Gasteiger partial charge in [-0.15, -0.1) is 0 Å². The molecule has 0 radical (unpaired) electrons. The molecule has 7 nitrogen and oxygen atoms in total. The molecule has 0 amide bonds. The average molecular weight is 702 g/mol. The zero-order chi connectivity index (χ0) is 35.5. The smallest absolute Gasteiger partial charge is 0.421 e. The van der Waals surface area contributed by atoms with Crippen molar-refractivity contribution in [2.24, 2.45) is 46.4 Å². The predicted molar refractivity (Wildman–Crippen MR) is 183 cm³/mol. The van der Waals surface area contributed by atoms with E-state index >= 15 is 0 Å². The molecule has 1 unspecified atom stereocenters. The summed E-state index contributed by atoms with van der Waals surface area (Å²) in [6.45, 7) is 4.52. The van der Waals surface area contributed by atoms with Crippen molar-refractivity contribution in [2.45, 2.75) is 147 Å². The molecule has 0 N–H and O–H groups in total. The van der Waals surface area contributed by atoms with E-state index in [2.05, 4.69) is 18.8 Å². The van der Waals surface area contributed by atoms with Crippen molar-refractivity contribution >= 4 is 24.1 Å². The second-order valence-electron chi connectivity index (χ2n) is 16.0. The van der Waals surface area contributed by atoms with Gasteiger partial charge in [-0.1, -0.05) is 52.4 Å². The third-order valence-corrected chi connectivity index (χ3v) is 13.2. The topological polar surface area (TPSA) is 91.3 Å². The first-order valence-electron chi connectivity index (χ1n) is 19.4. The first-order valence-corrected chi connectivity index (χ1v) is 19.4. The molecule has 10 heteroatoms. The second kappa shape index (κ2) is 15.8. The van der Waals surface area contributed by atoms with E-state index in [0.717, 1.165) is 43.8 Å². The zero-order valence-electron chi connectivity index (χ0n) is 29.7. The molecule has 5 aliphatic rings. The molecule has 4 saturated carbocycles. The van der Waals surface area contributed by atoms with Crippen LogP contribution in [0.2, 0.25) is 0 Å². The maximum atomic E-state index is 13.6. The van der Waals surface area contributed by atoms with Gasteiger partial charge < -0.3 is 14.2 Å². The Kier molecular flexibility index (Phi) is 11.6. The number of hydrogen-bond donors (Lipinski definition) is 0. The Morgan fingerprint density at radius 2 is 1.36 bits per heavy atom. The van der Waals surface area contributed by atoms with Crippen LogP contribution >= 0.6 is 0 Å². The molecule has 1 heterocycles. The number of rotatable bonds is 10. The van der Waals surface area contributed by atoms with Crippen LogP contribution in [0.15, 0.2) is 23.2 Å². The molecule has 0 bridgehead atoms. The molecule has 276 valence electrons. The van der Waals surface area contributed by atoms with Crippen LogP contribution in [0.3, 0.4) is 0 Å². The van der Waals surface area contributed by atoms with Gasteiger partial charge in [0.25, 0.3) is 0 Å². The van der Waals surface area contributed by atoms with E-state index in [1.165, 1.54) is 76.3 Å². The number of alkyl halides is 3. The van der Waals surface area contributed by atoms with Crippen LogP contribution in [0.4, 0.5) is 13.2 Å². The van der Waals surface area contributed by atoms with Gasteiger partial charge in [-0.25, -0.2) is 9.79 Å². The molecule has 1 aromatic carbocycles. The first-order chi connectivity index (χ1) is 24.0. The lowest BCUT2D eigenvalue weighted by Crippen LogP contribution is -2.43. The van der Waals surface area contributed by atoms with E-state index < -0.39 is 35.7 Å². The summed E-state index contributed by atoms with van der Waals surface area (Å²) in [4.78, 5) is 41.8. The molecule has 1 aliphatic heterocycles. The van der Waals surface area contributed by atoms with E-state index in [4.69, 9.17) is 14.2 Å². The molecule has 0 spiro atoms. The monoisotopic (exact) mass is 701 g/mol. The van der Waals surface area contributed by atoms with Crippen LogP contribution < -0.4 is 9.47 Å². The number of aldehydes is 1. The lowest BCUT2D eigenvalue weighted by atomic mass is 9.68. The van der Waals surface area contributed by atoms with Gasteiger partial charge in [0.1, 0.15) is 11.5 Å². The van der Waals surface area contributed by atoms with Crippen LogP contribution in [0.5, 0.6) is 11.5 Å². The Balaban J connectivity index is 1.14. The Bertz CT molecular complexity index is 1380. The number of hydrogen-bond acceptors (Lipinski definition) is 7. The lowest BCUT2D eigenvalue weighted by molar-refractivity contribution is -0.168. The molecule has 0 saturated heterocycles. The van der Waals surface area contributed by atoms with E-state index in [1.807, 2.05) is 0 Å². The van der Waals surface area contributed by atoms with Crippen molar-refractivity contribution in [3.05, 3.63) is 23.8 Å². The minimum Gasteiger partial charge on any atom is -0.480 e. The molecule has 1 atom stereocenters. The summed E-state index contributed by atoms with van der Waals surface area (Å²) in [6.07, 6.45) is 14.5. The van der Waals surface area contributed by atoms with Crippen molar-refractivity contribution < 1.29 is 41.8 Å². The van der Waals surface area contributed by atoms with Gasteiger partial charge >= 0.3 is 18.1 Å². The van der Waals surface area contributed by atoms with Crippen LogP contribution in [0, 0.1) is 41.4 Å². The summed E-state index contributed by atoms with van der Waals surface area (Å²) < 4.78 is 57.9. The van der Waals surface area contributed by atoms with Gasteiger partial charge in [-0.2, -0.15) is 13.2 Å². The summed E-state index contributed by atoms with van der Waals surface area (Å²) in [5.74, 6) is 1.40. The summed E-state index contributed by atoms with van der Waals surface area (Å²) >= 11 is 0. The van der Waals surface area contributed by atoms with Crippen LogP contribution in [-0.2, 0) is 19.1 Å². The maximum Gasteiger partial charge on any atom is 0.421 e. The fourth-order valence-corrected chi connectivity index (χ4v) is 9.74. The van der Waals surface area contributed by atoms with E-state index in [0.29, 0.717) is 49.4 Å². The maximum absolute atomic E-state index is 13.6. The molecule has 50 heavy (non-hydrogen) atoms. The summed E-state index contributed by atoms with van der Waals surface area (Å²) in [6, 6.07) is 1.70. The standard InChI is InChI=1S/C40H54F3NO6/c1-3-25-5-9-27(10-6-25)29-13-15-31(16-14-29)37(46)48-34-18-17-32(23-33(34)36-44-35(38(47)49-36)40(41,42)43)50-39(24-45)21-19-30(20-22-39)28-11-7-26(4-2)8-12-28/h17-18,23-31,35H,3-16,19-22H2,1-2H3. The second-order valence-corrected chi connectivity index (χ2v) is 16.0. The minimum atomic E-state index is -4.94. The number of nitrogens with zero attached hydrogens (tertiary/aromatic N) is 1.